The molecule has 0 spiro atoms. The van der Waals surface area contributed by atoms with E-state index in [0.717, 1.165) is 14.5 Å². The Balaban J connectivity index is 1.83. The summed E-state index contributed by atoms with van der Waals surface area (Å²) in [7, 11) is 0. The lowest BCUT2D eigenvalue weighted by molar-refractivity contribution is 0.252. The van der Waals surface area contributed by atoms with Gasteiger partial charge in [0.2, 0.25) is 0 Å². The van der Waals surface area contributed by atoms with Crippen molar-refractivity contribution in [1.82, 2.24) is 5.32 Å². The van der Waals surface area contributed by atoms with Crippen molar-refractivity contribution in [2.75, 3.05) is 11.9 Å². The molecule has 0 saturated heterocycles. The number of carbonyl (C=O) groups is 1. The number of carbonyl (C=O) groups excluding carboxylic acids is 1. The van der Waals surface area contributed by atoms with Crippen LogP contribution < -0.4 is 10.6 Å². The van der Waals surface area contributed by atoms with Crippen LogP contribution in [0.25, 0.3) is 0 Å². The Labute approximate surface area is 155 Å². The van der Waals surface area contributed by atoms with Gasteiger partial charge in [0, 0.05) is 15.5 Å². The summed E-state index contributed by atoms with van der Waals surface area (Å²) in [6, 6.07) is 10.7. The zero-order valence-corrected chi connectivity index (χ0v) is 16.0. The lowest BCUT2D eigenvalue weighted by Gasteiger charge is -2.10. The molecular formula is C15H12Br2Cl2N2O. The molecule has 0 bridgehead atoms. The number of benzene rings is 2. The molecule has 2 aromatic rings. The molecule has 0 atom stereocenters. The summed E-state index contributed by atoms with van der Waals surface area (Å²) in [5.74, 6) is 0. The highest BCUT2D eigenvalue weighted by Gasteiger charge is 2.06. The summed E-state index contributed by atoms with van der Waals surface area (Å²) in [5, 5.41) is 6.62. The van der Waals surface area contributed by atoms with Gasteiger partial charge in [-0.25, -0.2) is 4.79 Å². The average molecular weight is 467 g/mol. The van der Waals surface area contributed by atoms with Crippen LogP contribution >= 0.6 is 55.1 Å². The molecule has 2 N–H and O–H groups in total. The Kier molecular flexibility index (Phi) is 6.56. The standard InChI is InChI=1S/C15H12Br2Cl2N2O/c16-10-2-4-14(11(17)8-10)21-15(22)20-6-5-9-1-3-12(18)13(19)7-9/h1-4,7-8H,5-6H2,(H2,20,21,22). The van der Waals surface area contributed by atoms with E-state index >= 15 is 0 Å². The van der Waals surface area contributed by atoms with E-state index in [4.69, 9.17) is 23.2 Å². The minimum absolute atomic E-state index is 0.261. The number of halogens is 4. The van der Waals surface area contributed by atoms with Crippen molar-refractivity contribution < 1.29 is 4.79 Å². The largest absolute Gasteiger partial charge is 0.338 e. The predicted molar refractivity (Wildman–Crippen MR) is 99.0 cm³/mol. The number of hydrogen-bond donors (Lipinski definition) is 2. The van der Waals surface area contributed by atoms with E-state index in [-0.39, 0.29) is 6.03 Å². The lowest BCUT2D eigenvalue weighted by Crippen LogP contribution is -2.30. The molecule has 2 rings (SSSR count). The van der Waals surface area contributed by atoms with E-state index in [1.807, 2.05) is 24.3 Å². The van der Waals surface area contributed by atoms with Gasteiger partial charge in [-0.2, -0.15) is 0 Å². The SMILES string of the molecule is O=C(NCCc1ccc(Cl)c(Cl)c1)Nc1ccc(Br)cc1Br. The molecular weight excluding hydrogens is 455 g/mol. The van der Waals surface area contributed by atoms with Gasteiger partial charge >= 0.3 is 6.03 Å². The molecule has 0 unspecified atom stereocenters. The Morgan fingerprint density at radius 3 is 2.50 bits per heavy atom. The minimum atomic E-state index is -0.261. The van der Waals surface area contributed by atoms with Crippen molar-refractivity contribution in [3.63, 3.8) is 0 Å². The first-order chi connectivity index (χ1) is 10.5. The van der Waals surface area contributed by atoms with E-state index in [2.05, 4.69) is 42.5 Å². The monoisotopic (exact) mass is 464 g/mol. The summed E-state index contributed by atoms with van der Waals surface area (Å²) >= 11 is 18.6. The third-order valence-corrected chi connectivity index (χ3v) is 4.75. The van der Waals surface area contributed by atoms with E-state index in [0.29, 0.717) is 28.7 Å². The number of anilines is 1. The number of rotatable bonds is 4. The van der Waals surface area contributed by atoms with Crippen LogP contribution in [0.15, 0.2) is 45.3 Å². The highest BCUT2D eigenvalue weighted by molar-refractivity contribution is 9.11. The maximum absolute atomic E-state index is 11.9. The Hall–Kier alpha value is -0.750. The molecule has 2 aromatic carbocycles. The van der Waals surface area contributed by atoms with Gasteiger partial charge in [-0.1, -0.05) is 45.2 Å². The summed E-state index contributed by atoms with van der Waals surface area (Å²) in [4.78, 5) is 11.9. The lowest BCUT2D eigenvalue weighted by atomic mass is 10.1. The van der Waals surface area contributed by atoms with Crippen LogP contribution in [0.4, 0.5) is 10.5 Å². The van der Waals surface area contributed by atoms with Gasteiger partial charge in [0.05, 0.1) is 15.7 Å². The van der Waals surface area contributed by atoms with Gasteiger partial charge in [-0.05, 0) is 58.2 Å². The molecule has 0 aliphatic carbocycles. The molecule has 7 heteroatoms. The molecule has 2 amide bonds. The molecule has 0 saturated carbocycles. The molecule has 3 nitrogen and oxygen atoms in total. The van der Waals surface area contributed by atoms with Crippen molar-refractivity contribution in [3.8, 4) is 0 Å². The van der Waals surface area contributed by atoms with E-state index < -0.39 is 0 Å². The quantitative estimate of drug-likeness (QED) is 0.580. The molecule has 22 heavy (non-hydrogen) atoms. The van der Waals surface area contributed by atoms with Gasteiger partial charge in [-0.15, -0.1) is 0 Å². The van der Waals surface area contributed by atoms with Crippen molar-refractivity contribution >= 4 is 66.8 Å². The smallest absolute Gasteiger partial charge is 0.319 e. The highest BCUT2D eigenvalue weighted by Crippen LogP contribution is 2.26. The van der Waals surface area contributed by atoms with Gasteiger partial charge < -0.3 is 10.6 Å². The molecule has 0 aromatic heterocycles. The topological polar surface area (TPSA) is 41.1 Å². The van der Waals surface area contributed by atoms with E-state index in [1.165, 1.54) is 0 Å². The first kappa shape index (κ1) is 17.6. The molecule has 0 fully saturated rings. The maximum Gasteiger partial charge on any atom is 0.319 e. The summed E-state index contributed by atoms with van der Waals surface area (Å²) in [5.41, 5.74) is 1.72. The first-order valence-corrected chi connectivity index (χ1v) is 8.74. The Bertz CT molecular complexity index is 695. The van der Waals surface area contributed by atoms with Crippen molar-refractivity contribution in [1.29, 1.82) is 0 Å². The Morgan fingerprint density at radius 2 is 1.82 bits per heavy atom. The van der Waals surface area contributed by atoms with Crippen LogP contribution in [0.5, 0.6) is 0 Å². The maximum atomic E-state index is 11.9. The third-order valence-electron chi connectivity index (χ3n) is 2.86. The fraction of sp³-hybridized carbons (Fsp3) is 0.133. The van der Waals surface area contributed by atoms with Crippen LogP contribution in [-0.2, 0) is 6.42 Å². The number of nitrogens with one attached hydrogen (secondary N) is 2. The molecule has 0 aliphatic rings. The average Bonchev–Trinajstić information content (AvgIpc) is 2.46. The van der Waals surface area contributed by atoms with Gasteiger partial charge in [-0.3, -0.25) is 0 Å². The van der Waals surface area contributed by atoms with Gasteiger partial charge in [0.25, 0.3) is 0 Å². The zero-order chi connectivity index (χ0) is 16.1. The molecule has 0 aliphatic heterocycles. The fourth-order valence-electron chi connectivity index (χ4n) is 1.77. The third kappa shape index (κ3) is 5.16. The van der Waals surface area contributed by atoms with Crippen LogP contribution in [-0.4, -0.2) is 12.6 Å². The van der Waals surface area contributed by atoms with Crippen LogP contribution in [0.1, 0.15) is 5.56 Å². The molecule has 0 radical (unpaired) electrons. The number of urea groups is 1. The van der Waals surface area contributed by atoms with Gasteiger partial charge in [0.15, 0.2) is 0 Å². The summed E-state index contributed by atoms with van der Waals surface area (Å²) in [6.45, 7) is 0.498. The first-order valence-electron chi connectivity index (χ1n) is 6.39. The number of hydrogen-bond acceptors (Lipinski definition) is 1. The number of amides is 2. The second-order valence-electron chi connectivity index (χ2n) is 4.50. The van der Waals surface area contributed by atoms with Crippen LogP contribution in [0.2, 0.25) is 10.0 Å². The van der Waals surface area contributed by atoms with Crippen LogP contribution in [0, 0.1) is 0 Å². The summed E-state index contributed by atoms with van der Waals surface area (Å²) in [6.07, 6.45) is 0.672. The van der Waals surface area contributed by atoms with Crippen molar-refractivity contribution in [2.24, 2.45) is 0 Å². The second kappa shape index (κ2) is 8.20. The second-order valence-corrected chi connectivity index (χ2v) is 7.09. The predicted octanol–water partition coefficient (Wildman–Crippen LogP) is 5.88. The highest BCUT2D eigenvalue weighted by atomic mass is 79.9. The normalized spacial score (nSPS) is 10.4. The molecule has 116 valence electrons. The van der Waals surface area contributed by atoms with Gasteiger partial charge in [0.1, 0.15) is 0 Å². The van der Waals surface area contributed by atoms with E-state index in [1.54, 1.807) is 12.1 Å². The van der Waals surface area contributed by atoms with Crippen molar-refractivity contribution in [3.05, 3.63) is 61.0 Å². The van der Waals surface area contributed by atoms with E-state index in [9.17, 15) is 4.79 Å². The fourth-order valence-corrected chi connectivity index (χ4v) is 3.24. The summed E-state index contributed by atoms with van der Waals surface area (Å²) < 4.78 is 1.74. The molecule has 0 heterocycles. The Morgan fingerprint density at radius 1 is 1.05 bits per heavy atom. The van der Waals surface area contributed by atoms with Crippen LogP contribution in [0.3, 0.4) is 0 Å². The zero-order valence-electron chi connectivity index (χ0n) is 11.3. The van der Waals surface area contributed by atoms with Crippen molar-refractivity contribution in [2.45, 2.75) is 6.42 Å². The minimum Gasteiger partial charge on any atom is -0.338 e.